The van der Waals surface area contributed by atoms with Gasteiger partial charge in [0.05, 0.1) is 12.4 Å². The van der Waals surface area contributed by atoms with Crippen LogP contribution in [0.5, 0.6) is 0 Å². The quantitative estimate of drug-likeness (QED) is 0.788. The molecular weight excluding hydrogens is 178 g/mol. The second-order valence-electron chi connectivity index (χ2n) is 2.99. The molecular formula is C9H11N5. The van der Waals surface area contributed by atoms with Gasteiger partial charge in [-0.15, -0.1) is 0 Å². The van der Waals surface area contributed by atoms with Gasteiger partial charge in [-0.2, -0.15) is 15.3 Å². The maximum absolute atomic E-state index is 4.34. The van der Waals surface area contributed by atoms with Crippen molar-refractivity contribution in [1.29, 1.82) is 0 Å². The third-order valence-electron chi connectivity index (χ3n) is 1.86. The van der Waals surface area contributed by atoms with E-state index in [1.807, 2.05) is 6.07 Å². The summed E-state index contributed by atoms with van der Waals surface area (Å²) in [5, 5.41) is 14.5. The summed E-state index contributed by atoms with van der Waals surface area (Å²) in [6.45, 7) is 2.11. The summed E-state index contributed by atoms with van der Waals surface area (Å²) < 4.78 is 0. The fraction of sp³-hybridized carbons (Fsp3) is 0.333. The molecule has 0 aliphatic carbocycles. The lowest BCUT2D eigenvalue weighted by molar-refractivity contribution is 0.841. The number of H-pyrrole nitrogens is 1. The van der Waals surface area contributed by atoms with Crippen molar-refractivity contribution in [3.8, 4) is 11.4 Å². The Morgan fingerprint density at radius 3 is 3.00 bits per heavy atom. The molecule has 0 saturated heterocycles. The van der Waals surface area contributed by atoms with Crippen LogP contribution < -0.4 is 0 Å². The molecule has 14 heavy (non-hydrogen) atoms. The number of hydrogen-bond acceptors (Lipinski definition) is 4. The largest absolute Gasteiger partial charge is 0.263 e. The molecule has 0 spiro atoms. The Morgan fingerprint density at radius 1 is 1.36 bits per heavy atom. The van der Waals surface area contributed by atoms with Gasteiger partial charge in [0.2, 0.25) is 0 Å². The molecule has 0 unspecified atom stereocenters. The molecule has 0 aliphatic rings. The summed E-state index contributed by atoms with van der Waals surface area (Å²) in [6.07, 6.45) is 5.26. The first-order valence-corrected chi connectivity index (χ1v) is 4.58. The highest BCUT2D eigenvalue weighted by Gasteiger charge is 2.04. The Bertz CT molecular complexity index is 395. The third kappa shape index (κ3) is 1.76. The van der Waals surface area contributed by atoms with Gasteiger partial charge in [0, 0.05) is 12.0 Å². The van der Waals surface area contributed by atoms with E-state index in [0.717, 1.165) is 24.2 Å². The fourth-order valence-corrected chi connectivity index (χ4v) is 1.20. The van der Waals surface area contributed by atoms with Crippen molar-refractivity contribution in [3.63, 3.8) is 0 Å². The van der Waals surface area contributed by atoms with E-state index in [-0.39, 0.29) is 0 Å². The average molecular weight is 189 g/mol. The van der Waals surface area contributed by atoms with Gasteiger partial charge in [-0.25, -0.2) is 4.98 Å². The first-order chi connectivity index (χ1) is 6.90. The third-order valence-corrected chi connectivity index (χ3v) is 1.86. The van der Waals surface area contributed by atoms with Gasteiger partial charge in [0.1, 0.15) is 5.82 Å². The molecule has 0 saturated carbocycles. The summed E-state index contributed by atoms with van der Waals surface area (Å²) in [5.74, 6) is 1.60. The van der Waals surface area contributed by atoms with Crippen molar-refractivity contribution in [1.82, 2.24) is 25.4 Å². The molecule has 2 heterocycles. The number of rotatable bonds is 3. The van der Waals surface area contributed by atoms with E-state index in [9.17, 15) is 0 Å². The number of aromatic amines is 1. The Hall–Kier alpha value is -1.78. The monoisotopic (exact) mass is 189 g/mol. The SMILES string of the molecule is CCCc1nc(-c2ccnnc2)n[nH]1. The molecule has 5 nitrogen and oxygen atoms in total. The van der Waals surface area contributed by atoms with Crippen LogP contribution in [0.25, 0.3) is 11.4 Å². The van der Waals surface area contributed by atoms with Gasteiger partial charge in [0.15, 0.2) is 5.82 Å². The predicted octanol–water partition coefficient (Wildman–Crippen LogP) is 1.21. The fourth-order valence-electron chi connectivity index (χ4n) is 1.20. The van der Waals surface area contributed by atoms with Crippen LogP contribution in [-0.2, 0) is 6.42 Å². The van der Waals surface area contributed by atoms with Crippen molar-refractivity contribution in [3.05, 3.63) is 24.3 Å². The smallest absolute Gasteiger partial charge is 0.182 e. The molecule has 0 aromatic carbocycles. The van der Waals surface area contributed by atoms with Crippen molar-refractivity contribution in [2.45, 2.75) is 19.8 Å². The second kappa shape index (κ2) is 3.95. The highest BCUT2D eigenvalue weighted by Crippen LogP contribution is 2.11. The van der Waals surface area contributed by atoms with Crippen LogP contribution in [0.15, 0.2) is 18.5 Å². The summed E-state index contributed by atoms with van der Waals surface area (Å²) >= 11 is 0. The highest BCUT2D eigenvalue weighted by atomic mass is 15.2. The molecule has 0 aliphatic heterocycles. The maximum Gasteiger partial charge on any atom is 0.182 e. The van der Waals surface area contributed by atoms with Crippen LogP contribution in [0.2, 0.25) is 0 Å². The molecule has 0 radical (unpaired) electrons. The van der Waals surface area contributed by atoms with Crippen LogP contribution in [0, 0.1) is 0 Å². The van der Waals surface area contributed by atoms with E-state index in [0.29, 0.717) is 5.82 Å². The highest BCUT2D eigenvalue weighted by molar-refractivity contribution is 5.51. The molecule has 0 amide bonds. The van der Waals surface area contributed by atoms with Crippen molar-refractivity contribution in [2.75, 3.05) is 0 Å². The lowest BCUT2D eigenvalue weighted by atomic mass is 10.3. The van der Waals surface area contributed by atoms with Gasteiger partial charge in [-0.3, -0.25) is 5.10 Å². The summed E-state index contributed by atoms with van der Waals surface area (Å²) in [4.78, 5) is 4.34. The summed E-state index contributed by atoms with van der Waals surface area (Å²) in [7, 11) is 0. The number of nitrogens with zero attached hydrogens (tertiary/aromatic N) is 4. The predicted molar refractivity (Wildman–Crippen MR) is 51.4 cm³/mol. The number of nitrogens with one attached hydrogen (secondary N) is 1. The zero-order valence-electron chi connectivity index (χ0n) is 7.94. The normalized spacial score (nSPS) is 10.4. The van der Waals surface area contributed by atoms with Gasteiger partial charge >= 0.3 is 0 Å². The van der Waals surface area contributed by atoms with Gasteiger partial charge < -0.3 is 0 Å². The molecule has 0 fully saturated rings. The van der Waals surface area contributed by atoms with E-state index in [2.05, 4.69) is 32.3 Å². The van der Waals surface area contributed by atoms with Crippen molar-refractivity contribution < 1.29 is 0 Å². The molecule has 2 rings (SSSR count). The number of aryl methyl sites for hydroxylation is 1. The second-order valence-corrected chi connectivity index (χ2v) is 2.99. The van der Waals surface area contributed by atoms with Crippen molar-refractivity contribution in [2.24, 2.45) is 0 Å². The Morgan fingerprint density at radius 2 is 2.29 bits per heavy atom. The summed E-state index contributed by atoms with van der Waals surface area (Å²) in [6, 6.07) is 1.84. The van der Waals surface area contributed by atoms with Gasteiger partial charge in [0.25, 0.3) is 0 Å². The minimum absolute atomic E-state index is 0.684. The van der Waals surface area contributed by atoms with Gasteiger partial charge in [-0.05, 0) is 12.5 Å². The number of aromatic nitrogens is 5. The number of hydrogen-bond donors (Lipinski definition) is 1. The Labute approximate surface area is 81.6 Å². The van der Waals surface area contributed by atoms with Crippen LogP contribution >= 0.6 is 0 Å². The molecule has 1 N–H and O–H groups in total. The average Bonchev–Trinajstić information content (AvgIpc) is 2.68. The lowest BCUT2D eigenvalue weighted by Crippen LogP contribution is -1.86. The maximum atomic E-state index is 4.34. The van der Waals surface area contributed by atoms with Crippen LogP contribution in [0.3, 0.4) is 0 Å². The first-order valence-electron chi connectivity index (χ1n) is 4.58. The zero-order valence-corrected chi connectivity index (χ0v) is 7.94. The minimum atomic E-state index is 0.684. The van der Waals surface area contributed by atoms with E-state index in [4.69, 9.17) is 0 Å². The molecule has 0 atom stereocenters. The Kier molecular flexibility index (Phi) is 2.48. The van der Waals surface area contributed by atoms with Crippen LogP contribution in [0.4, 0.5) is 0 Å². The lowest BCUT2D eigenvalue weighted by Gasteiger charge is -1.90. The van der Waals surface area contributed by atoms with Crippen LogP contribution in [-0.4, -0.2) is 25.4 Å². The first kappa shape index (κ1) is 8.80. The molecule has 2 aromatic rings. The van der Waals surface area contributed by atoms with E-state index < -0.39 is 0 Å². The molecule has 2 aromatic heterocycles. The van der Waals surface area contributed by atoms with E-state index in [1.165, 1.54) is 0 Å². The van der Waals surface area contributed by atoms with E-state index in [1.54, 1.807) is 12.4 Å². The zero-order chi connectivity index (χ0) is 9.80. The topological polar surface area (TPSA) is 67.3 Å². The molecule has 0 bridgehead atoms. The molecule has 5 heteroatoms. The van der Waals surface area contributed by atoms with Gasteiger partial charge in [-0.1, -0.05) is 6.92 Å². The van der Waals surface area contributed by atoms with E-state index >= 15 is 0 Å². The minimum Gasteiger partial charge on any atom is -0.263 e. The Balaban J connectivity index is 2.25. The van der Waals surface area contributed by atoms with Crippen molar-refractivity contribution >= 4 is 0 Å². The molecule has 72 valence electrons. The standard InChI is InChI=1S/C9H11N5/c1-2-3-8-12-9(14-13-8)7-4-5-10-11-6-7/h4-6H,2-3H2,1H3,(H,12,13,14). The summed E-state index contributed by atoms with van der Waals surface area (Å²) in [5.41, 5.74) is 0.888. The van der Waals surface area contributed by atoms with Crippen LogP contribution in [0.1, 0.15) is 19.2 Å².